The van der Waals surface area contributed by atoms with Gasteiger partial charge in [0.15, 0.2) is 0 Å². The fraction of sp³-hybridized carbons (Fsp3) is 1.00. The molecule has 0 N–H and O–H groups in total. The largest absolute Gasteiger partial charge is 0.298 e. The summed E-state index contributed by atoms with van der Waals surface area (Å²) in [5, 5.41) is 0. The molecule has 0 bridgehead atoms. The van der Waals surface area contributed by atoms with Crippen LogP contribution in [0, 0.1) is 5.92 Å². The van der Waals surface area contributed by atoms with Crippen molar-refractivity contribution >= 4 is 11.8 Å². The smallest absolute Gasteiger partial charge is 0.0224 e. The van der Waals surface area contributed by atoms with E-state index in [4.69, 9.17) is 0 Å². The maximum Gasteiger partial charge on any atom is 0.0224 e. The summed E-state index contributed by atoms with van der Waals surface area (Å²) in [6, 6.07) is 1.68. The molecule has 0 spiro atoms. The zero-order chi connectivity index (χ0) is 11.7. The van der Waals surface area contributed by atoms with Crippen LogP contribution in [0.25, 0.3) is 0 Å². The molecule has 2 unspecified atom stereocenters. The Kier molecular flexibility index (Phi) is 3.98. The minimum atomic E-state index is 0.791. The van der Waals surface area contributed by atoms with Gasteiger partial charge >= 0.3 is 0 Å². The third-order valence-corrected chi connectivity index (χ3v) is 5.95. The minimum Gasteiger partial charge on any atom is -0.298 e. The first-order valence-electron chi connectivity index (χ1n) is 7.39. The van der Waals surface area contributed by atoms with E-state index in [2.05, 4.69) is 28.5 Å². The predicted molar refractivity (Wildman–Crippen MR) is 75.7 cm³/mol. The van der Waals surface area contributed by atoms with E-state index in [0.29, 0.717) is 0 Å². The first-order chi connectivity index (χ1) is 8.33. The average molecular weight is 254 g/mol. The Morgan fingerprint density at radius 3 is 2.76 bits per heavy atom. The average Bonchev–Trinajstić information content (AvgIpc) is 2.78. The van der Waals surface area contributed by atoms with E-state index in [0.717, 1.165) is 18.0 Å². The molecule has 2 nitrogen and oxygen atoms in total. The number of nitrogens with zero attached hydrogens (tertiary/aromatic N) is 2. The van der Waals surface area contributed by atoms with Crippen molar-refractivity contribution < 1.29 is 0 Å². The Hall–Kier alpha value is 0.270. The second-order valence-electron chi connectivity index (χ2n) is 6.15. The number of fused-ring (bicyclic) bond motifs is 1. The zero-order valence-corrected chi connectivity index (χ0v) is 11.9. The molecule has 3 heteroatoms. The van der Waals surface area contributed by atoms with Gasteiger partial charge in [-0.05, 0) is 56.6 Å². The molecule has 0 radical (unpaired) electrons. The first-order valence-corrected chi connectivity index (χ1v) is 8.54. The fourth-order valence-electron chi connectivity index (χ4n) is 3.76. The van der Waals surface area contributed by atoms with Crippen LogP contribution in [-0.2, 0) is 0 Å². The molecule has 17 heavy (non-hydrogen) atoms. The summed E-state index contributed by atoms with van der Waals surface area (Å²) in [6.07, 6.45) is 5.81. The molecule has 2 atom stereocenters. The first kappa shape index (κ1) is 12.3. The summed E-state index contributed by atoms with van der Waals surface area (Å²) in [5.41, 5.74) is 0. The Morgan fingerprint density at radius 2 is 1.94 bits per heavy atom. The Bertz CT molecular complexity index is 253. The molecular formula is C14H26N2S. The molecule has 3 rings (SSSR count). The van der Waals surface area contributed by atoms with Crippen LogP contribution < -0.4 is 0 Å². The normalized spacial score (nSPS) is 37.2. The lowest BCUT2D eigenvalue weighted by Gasteiger charge is -2.44. The molecule has 98 valence electrons. The summed E-state index contributed by atoms with van der Waals surface area (Å²) in [7, 11) is 0. The van der Waals surface area contributed by atoms with Crippen LogP contribution in [0.5, 0.6) is 0 Å². The highest BCUT2D eigenvalue weighted by atomic mass is 32.2. The van der Waals surface area contributed by atoms with E-state index in [1.54, 1.807) is 0 Å². The van der Waals surface area contributed by atoms with E-state index in [1.807, 2.05) is 0 Å². The second-order valence-corrected chi connectivity index (χ2v) is 7.37. The van der Waals surface area contributed by atoms with Gasteiger partial charge in [0.05, 0.1) is 0 Å². The lowest BCUT2D eigenvalue weighted by molar-refractivity contribution is 0.0471. The van der Waals surface area contributed by atoms with E-state index >= 15 is 0 Å². The minimum absolute atomic E-state index is 0.791. The van der Waals surface area contributed by atoms with Gasteiger partial charge in [0.2, 0.25) is 0 Å². The standard InChI is InChI=1S/C14H26N2S/c1-12-9-15-6-2-3-14(15)11-16(12)10-13-4-7-17-8-5-13/h12-14H,2-11H2,1H3. The third-order valence-electron chi connectivity index (χ3n) is 4.90. The fourth-order valence-corrected chi connectivity index (χ4v) is 4.97. The van der Waals surface area contributed by atoms with Gasteiger partial charge in [-0.2, -0.15) is 11.8 Å². The molecule has 0 aromatic rings. The highest BCUT2D eigenvalue weighted by molar-refractivity contribution is 7.99. The summed E-state index contributed by atoms with van der Waals surface area (Å²) in [5.74, 6) is 3.80. The molecular weight excluding hydrogens is 228 g/mol. The molecule has 3 saturated heterocycles. The van der Waals surface area contributed by atoms with Crippen molar-refractivity contribution in [1.82, 2.24) is 9.80 Å². The van der Waals surface area contributed by atoms with E-state index in [9.17, 15) is 0 Å². The molecule has 0 amide bonds. The molecule has 3 fully saturated rings. The van der Waals surface area contributed by atoms with Crippen molar-refractivity contribution in [3.63, 3.8) is 0 Å². The summed E-state index contributed by atoms with van der Waals surface area (Å²) < 4.78 is 0. The van der Waals surface area contributed by atoms with Crippen molar-refractivity contribution in [2.24, 2.45) is 5.92 Å². The Labute approximate surface area is 110 Å². The lowest BCUT2D eigenvalue weighted by atomic mass is 9.99. The van der Waals surface area contributed by atoms with Gasteiger partial charge in [0.25, 0.3) is 0 Å². The summed E-state index contributed by atoms with van der Waals surface area (Å²) in [6.45, 7) is 7.86. The topological polar surface area (TPSA) is 6.48 Å². The molecule has 0 saturated carbocycles. The maximum atomic E-state index is 2.80. The van der Waals surface area contributed by atoms with Gasteiger partial charge < -0.3 is 0 Å². The second kappa shape index (κ2) is 5.50. The van der Waals surface area contributed by atoms with Crippen molar-refractivity contribution in [2.75, 3.05) is 37.7 Å². The van der Waals surface area contributed by atoms with Crippen molar-refractivity contribution in [1.29, 1.82) is 0 Å². The zero-order valence-electron chi connectivity index (χ0n) is 11.1. The molecule has 0 aromatic carbocycles. The van der Waals surface area contributed by atoms with Gasteiger partial charge in [-0.3, -0.25) is 9.80 Å². The quantitative estimate of drug-likeness (QED) is 0.746. The van der Waals surface area contributed by atoms with E-state index < -0.39 is 0 Å². The van der Waals surface area contributed by atoms with E-state index in [-0.39, 0.29) is 0 Å². The number of rotatable bonds is 2. The number of thioether (sulfide) groups is 1. The van der Waals surface area contributed by atoms with Crippen molar-refractivity contribution in [2.45, 2.75) is 44.7 Å². The highest BCUT2D eigenvalue weighted by Crippen LogP contribution is 2.28. The number of piperazine rings is 1. The monoisotopic (exact) mass is 254 g/mol. The van der Waals surface area contributed by atoms with Gasteiger partial charge in [0.1, 0.15) is 0 Å². The molecule has 3 aliphatic heterocycles. The molecule has 3 aliphatic rings. The summed E-state index contributed by atoms with van der Waals surface area (Å²) in [4.78, 5) is 5.53. The Morgan fingerprint density at radius 1 is 1.12 bits per heavy atom. The van der Waals surface area contributed by atoms with Gasteiger partial charge in [-0.15, -0.1) is 0 Å². The SMILES string of the molecule is CC1CN2CCCC2CN1CC1CCSCC1. The third kappa shape index (κ3) is 2.82. The molecule has 3 heterocycles. The van der Waals surface area contributed by atoms with Crippen molar-refractivity contribution in [3.05, 3.63) is 0 Å². The maximum absolute atomic E-state index is 2.80. The summed E-state index contributed by atoms with van der Waals surface area (Å²) >= 11 is 2.15. The van der Waals surface area contributed by atoms with E-state index in [1.165, 1.54) is 63.4 Å². The van der Waals surface area contributed by atoms with Gasteiger partial charge in [0, 0.05) is 31.7 Å². The number of hydrogen-bond acceptors (Lipinski definition) is 3. The van der Waals surface area contributed by atoms with Crippen molar-refractivity contribution in [3.8, 4) is 0 Å². The van der Waals surface area contributed by atoms with Crippen LogP contribution in [0.2, 0.25) is 0 Å². The number of hydrogen-bond donors (Lipinski definition) is 0. The lowest BCUT2D eigenvalue weighted by Crippen LogP contribution is -2.55. The van der Waals surface area contributed by atoms with Crippen LogP contribution >= 0.6 is 11.8 Å². The Balaban J connectivity index is 1.55. The van der Waals surface area contributed by atoms with Crippen LogP contribution in [0.15, 0.2) is 0 Å². The van der Waals surface area contributed by atoms with Gasteiger partial charge in [-0.25, -0.2) is 0 Å². The van der Waals surface area contributed by atoms with Crippen LogP contribution in [0.4, 0.5) is 0 Å². The van der Waals surface area contributed by atoms with Gasteiger partial charge in [-0.1, -0.05) is 0 Å². The van der Waals surface area contributed by atoms with Crippen LogP contribution in [0.3, 0.4) is 0 Å². The van der Waals surface area contributed by atoms with Crippen LogP contribution in [-0.4, -0.2) is 59.6 Å². The highest BCUT2D eigenvalue weighted by Gasteiger charge is 2.35. The molecule has 0 aliphatic carbocycles. The predicted octanol–water partition coefficient (Wildman–Crippen LogP) is 2.30. The molecule has 0 aromatic heterocycles. The van der Waals surface area contributed by atoms with Crippen LogP contribution in [0.1, 0.15) is 32.6 Å².